The van der Waals surface area contributed by atoms with Crippen LogP contribution in [0.3, 0.4) is 0 Å². The van der Waals surface area contributed by atoms with Crippen molar-refractivity contribution in [1.29, 1.82) is 0 Å². The van der Waals surface area contributed by atoms with Crippen LogP contribution >= 0.6 is 0 Å². The van der Waals surface area contributed by atoms with E-state index < -0.39 is 57.8 Å². The highest BCUT2D eigenvalue weighted by Crippen LogP contribution is 2.69. The number of rotatable bonds is 10. The summed E-state index contributed by atoms with van der Waals surface area (Å²) in [5, 5.41) is 20.7. The van der Waals surface area contributed by atoms with Crippen LogP contribution in [-0.2, 0) is 16.7 Å². The van der Waals surface area contributed by atoms with Gasteiger partial charge < -0.3 is 10.2 Å². The first kappa shape index (κ1) is 33.0. The maximum Gasteiger partial charge on any atom is 0.459 e. The van der Waals surface area contributed by atoms with Gasteiger partial charge in [0.05, 0.1) is 11.8 Å². The van der Waals surface area contributed by atoms with E-state index in [9.17, 15) is 53.9 Å². The molecular formula is C28H36F7NO5S. The van der Waals surface area contributed by atoms with Crippen molar-refractivity contribution in [3.8, 4) is 0 Å². The Morgan fingerprint density at radius 2 is 1.81 bits per heavy atom. The smallest absolute Gasteiger partial charge is 0.393 e. The lowest BCUT2D eigenvalue weighted by molar-refractivity contribution is -0.371. The molecule has 0 radical (unpaired) electrons. The summed E-state index contributed by atoms with van der Waals surface area (Å²) in [5.74, 6) is -12.4. The molecule has 3 aliphatic carbocycles. The van der Waals surface area contributed by atoms with Gasteiger partial charge in [0.2, 0.25) is 0 Å². The second kappa shape index (κ2) is 10.9. The fourth-order valence-electron chi connectivity index (χ4n) is 8.24. The first-order valence-corrected chi connectivity index (χ1v) is 15.4. The number of alkyl halides is 7. The van der Waals surface area contributed by atoms with Gasteiger partial charge in [0.25, 0.3) is 0 Å². The molecule has 7 atom stereocenters. The third-order valence-electron chi connectivity index (χ3n) is 10.1. The Bertz CT molecular complexity index is 1290. The Morgan fingerprint density at radius 3 is 2.40 bits per heavy atom. The topological polar surface area (TPSA) is 107 Å². The average molecular weight is 632 g/mol. The van der Waals surface area contributed by atoms with E-state index in [1.165, 1.54) is 6.07 Å². The molecule has 0 heterocycles. The summed E-state index contributed by atoms with van der Waals surface area (Å²) in [5.41, 5.74) is 0.943. The van der Waals surface area contributed by atoms with Crippen molar-refractivity contribution in [2.45, 2.75) is 101 Å². The quantitative estimate of drug-likeness (QED) is 0.100. The van der Waals surface area contributed by atoms with Crippen molar-refractivity contribution in [1.82, 2.24) is 0 Å². The minimum atomic E-state index is -6.52. The van der Waals surface area contributed by atoms with Gasteiger partial charge in [-0.2, -0.15) is 39.2 Å². The summed E-state index contributed by atoms with van der Waals surface area (Å²) in [4.78, 5) is 0. The number of anilines is 1. The number of aliphatic hydroxyl groups is 2. The minimum absolute atomic E-state index is 0.0626. The summed E-state index contributed by atoms with van der Waals surface area (Å²) in [6, 6.07) is 4.90. The molecule has 0 bridgehead atoms. The van der Waals surface area contributed by atoms with Gasteiger partial charge in [-0.1, -0.05) is 31.9 Å². The molecule has 238 valence electrons. The molecule has 2 fully saturated rings. The lowest BCUT2D eigenvalue weighted by atomic mass is 9.44. The van der Waals surface area contributed by atoms with Gasteiger partial charge in [-0.3, -0.25) is 9.27 Å². The number of aliphatic hydroxyl groups excluding tert-OH is 2. The van der Waals surface area contributed by atoms with E-state index in [2.05, 4.69) is 6.58 Å². The number of aryl methyl sites for hydroxylation is 1. The van der Waals surface area contributed by atoms with Crippen molar-refractivity contribution in [3.05, 3.63) is 42.0 Å². The molecule has 4 unspecified atom stereocenters. The van der Waals surface area contributed by atoms with E-state index >= 15 is 0 Å². The molecule has 4 rings (SSSR count). The van der Waals surface area contributed by atoms with Crippen LogP contribution in [0.5, 0.6) is 0 Å². The minimum Gasteiger partial charge on any atom is -0.393 e. The summed E-state index contributed by atoms with van der Waals surface area (Å²) >= 11 is 0. The molecule has 6 nitrogen and oxygen atoms in total. The largest absolute Gasteiger partial charge is 0.459 e. The van der Waals surface area contributed by atoms with Crippen LogP contribution in [0.4, 0.5) is 36.4 Å². The Hall–Kier alpha value is -1.90. The summed E-state index contributed by atoms with van der Waals surface area (Å²) in [7, 11) is -4.51. The molecule has 42 heavy (non-hydrogen) atoms. The second-order valence-corrected chi connectivity index (χ2v) is 13.6. The highest BCUT2D eigenvalue weighted by atomic mass is 32.2. The average Bonchev–Trinajstić information content (AvgIpc) is 3.18. The zero-order chi connectivity index (χ0) is 31.5. The van der Waals surface area contributed by atoms with E-state index in [-0.39, 0.29) is 36.3 Å². The zero-order valence-electron chi connectivity index (χ0n) is 23.0. The Morgan fingerprint density at radius 1 is 1.14 bits per heavy atom. The van der Waals surface area contributed by atoms with Crippen molar-refractivity contribution >= 4 is 16.0 Å². The molecule has 3 aliphatic rings. The van der Waals surface area contributed by atoms with Crippen molar-refractivity contribution in [2.75, 3.05) is 4.72 Å². The maximum atomic E-state index is 13.9. The van der Waals surface area contributed by atoms with Crippen LogP contribution in [0.2, 0.25) is 0 Å². The monoisotopic (exact) mass is 631 g/mol. The maximum absolute atomic E-state index is 13.9. The molecule has 2 saturated carbocycles. The molecular weight excluding hydrogens is 595 g/mol. The molecule has 1 aromatic carbocycles. The van der Waals surface area contributed by atoms with Gasteiger partial charge in [0.15, 0.2) is 0 Å². The molecule has 4 N–H and O–H groups in total. The van der Waals surface area contributed by atoms with Crippen molar-refractivity contribution < 1.29 is 53.9 Å². The van der Waals surface area contributed by atoms with Gasteiger partial charge in [0, 0.05) is 0 Å². The Kier molecular flexibility index (Phi) is 8.58. The highest BCUT2D eigenvalue weighted by Gasteiger charge is 2.75. The predicted octanol–water partition coefficient (Wildman–Crippen LogP) is 6.65. The molecule has 0 aromatic heterocycles. The van der Waals surface area contributed by atoms with Crippen molar-refractivity contribution in [3.63, 3.8) is 0 Å². The molecule has 0 spiro atoms. The van der Waals surface area contributed by atoms with Crippen LogP contribution in [0.25, 0.3) is 0 Å². The number of fused-ring (bicyclic) bond motifs is 5. The summed E-state index contributed by atoms with van der Waals surface area (Å²) < 4.78 is 126. The normalized spacial score (nSPS) is 32.5. The standard InChI is InChI=1S/C28H36F7NO5S/c1-3-25-13-12-16-14-18(36-42(39,40)41)8-9-19(16)23(25)17(15-24(2)20(25)10-11-21(24)37)6-4-5-7-22(38)26(29,30)27(31,32)28(33,34)35/h3,8-9,14,17,20-23,36-38H,1,4-7,10-13,15H2,2H3,(H,39,40,41)/t17-,20?,21-,22?,23?,24-,25?/m0/s1. The predicted molar refractivity (Wildman–Crippen MR) is 141 cm³/mol. The van der Waals surface area contributed by atoms with Crippen LogP contribution in [-0.4, -0.2) is 53.4 Å². The van der Waals surface area contributed by atoms with Crippen LogP contribution in [0, 0.1) is 22.7 Å². The number of allylic oxidation sites excluding steroid dienone is 1. The number of hydrogen-bond donors (Lipinski definition) is 4. The number of benzene rings is 1. The van der Waals surface area contributed by atoms with Gasteiger partial charge >= 0.3 is 28.3 Å². The van der Waals surface area contributed by atoms with Gasteiger partial charge in [-0.15, -0.1) is 6.58 Å². The Balaban J connectivity index is 1.59. The third kappa shape index (κ3) is 5.45. The van der Waals surface area contributed by atoms with E-state index in [1.54, 1.807) is 12.1 Å². The first-order chi connectivity index (χ1) is 19.2. The number of unbranched alkanes of at least 4 members (excludes halogenated alkanes) is 1. The Labute approximate surface area is 240 Å². The molecule has 14 heteroatoms. The van der Waals surface area contributed by atoms with E-state index in [0.717, 1.165) is 17.5 Å². The number of halogens is 7. The van der Waals surface area contributed by atoms with Gasteiger partial charge in [-0.05, 0) is 96.8 Å². The van der Waals surface area contributed by atoms with E-state index in [0.29, 0.717) is 32.1 Å². The van der Waals surface area contributed by atoms with Crippen LogP contribution < -0.4 is 4.72 Å². The third-order valence-corrected chi connectivity index (χ3v) is 10.6. The number of nitrogens with one attached hydrogen (secondary N) is 1. The SMILES string of the molecule is C=CC12CCc3cc(NS(=O)(=O)O)ccc3C1[C@@H](CCCCC(O)C(F)(F)C(F)(F)C(F)(F)F)C[C@@]1(C)C2CC[C@@H]1O. The zero-order valence-corrected chi connectivity index (χ0v) is 23.8. The molecule has 1 aromatic rings. The molecule has 0 saturated heterocycles. The van der Waals surface area contributed by atoms with Gasteiger partial charge in [0.1, 0.15) is 6.10 Å². The van der Waals surface area contributed by atoms with Crippen LogP contribution in [0.1, 0.15) is 75.3 Å². The lowest BCUT2D eigenvalue weighted by Crippen LogP contribution is -2.57. The fourth-order valence-corrected chi connectivity index (χ4v) is 8.67. The van der Waals surface area contributed by atoms with E-state index in [4.69, 9.17) is 0 Å². The second-order valence-electron chi connectivity index (χ2n) is 12.4. The summed E-state index contributed by atoms with van der Waals surface area (Å²) in [6.07, 6.45) is -6.06. The summed E-state index contributed by atoms with van der Waals surface area (Å²) in [6.45, 7) is 6.16. The van der Waals surface area contributed by atoms with Crippen molar-refractivity contribution in [2.24, 2.45) is 22.7 Å². The highest BCUT2D eigenvalue weighted by molar-refractivity contribution is 7.87. The van der Waals surface area contributed by atoms with Crippen LogP contribution in [0.15, 0.2) is 30.9 Å². The molecule has 0 aliphatic heterocycles. The first-order valence-electron chi connectivity index (χ1n) is 13.9. The fraction of sp³-hybridized carbons (Fsp3) is 0.714. The molecule has 0 amide bonds. The van der Waals surface area contributed by atoms with Gasteiger partial charge in [-0.25, -0.2) is 0 Å². The van der Waals surface area contributed by atoms with E-state index in [1.807, 2.05) is 17.7 Å². The lowest BCUT2D eigenvalue weighted by Gasteiger charge is -2.60. The number of hydrogen-bond acceptors (Lipinski definition) is 4.